The molecule has 4 rings (SSSR count). The summed E-state index contributed by atoms with van der Waals surface area (Å²) in [7, 11) is 0. The summed E-state index contributed by atoms with van der Waals surface area (Å²) in [5.74, 6) is 0. The second kappa shape index (κ2) is 7.36. The number of nitrogens with one attached hydrogen (secondary N) is 1. The largest absolute Gasteiger partial charge is 0.348 e. The average molecular weight is 340 g/mol. The van der Waals surface area contributed by atoms with Gasteiger partial charge in [0, 0.05) is 41.6 Å². The van der Waals surface area contributed by atoms with Gasteiger partial charge in [-0.15, -0.1) is 0 Å². The van der Waals surface area contributed by atoms with Crippen LogP contribution >= 0.6 is 0 Å². The van der Waals surface area contributed by atoms with E-state index >= 15 is 0 Å². The highest BCUT2D eigenvalue weighted by Crippen LogP contribution is 2.23. The Morgan fingerprint density at radius 1 is 0.846 bits per heavy atom. The van der Waals surface area contributed by atoms with Crippen molar-refractivity contribution < 1.29 is 4.57 Å². The van der Waals surface area contributed by atoms with Crippen molar-refractivity contribution in [2.24, 2.45) is 0 Å². The second-order valence-corrected chi connectivity index (χ2v) is 6.51. The van der Waals surface area contributed by atoms with Gasteiger partial charge in [0.15, 0.2) is 6.54 Å². The highest BCUT2D eigenvalue weighted by Gasteiger charge is 2.21. The van der Waals surface area contributed by atoms with E-state index < -0.39 is 0 Å². The lowest BCUT2D eigenvalue weighted by atomic mass is 10.0. The molecule has 0 amide bonds. The Balaban J connectivity index is 1.85. The topological polar surface area (TPSA) is 32.6 Å². The van der Waals surface area contributed by atoms with Crippen molar-refractivity contribution in [2.45, 2.75) is 19.9 Å². The molecule has 0 unspecified atom stereocenters. The van der Waals surface area contributed by atoms with E-state index in [-0.39, 0.29) is 0 Å². The van der Waals surface area contributed by atoms with Crippen LogP contribution < -0.4 is 4.57 Å². The Bertz CT molecular complexity index is 914. The lowest BCUT2D eigenvalue weighted by Crippen LogP contribution is -2.40. The van der Waals surface area contributed by atoms with Gasteiger partial charge in [-0.2, -0.15) is 4.57 Å². The zero-order valence-electron chi connectivity index (χ0n) is 14.9. The van der Waals surface area contributed by atoms with E-state index in [2.05, 4.69) is 94.3 Å². The van der Waals surface area contributed by atoms with Gasteiger partial charge in [-0.05, 0) is 36.8 Å². The quantitative estimate of drug-likeness (QED) is 0.530. The molecule has 128 valence electrons. The zero-order valence-corrected chi connectivity index (χ0v) is 14.9. The molecule has 2 aromatic heterocycles. The van der Waals surface area contributed by atoms with Gasteiger partial charge in [-0.1, -0.05) is 36.4 Å². The van der Waals surface area contributed by atoms with Gasteiger partial charge in [0.1, 0.15) is 0 Å². The maximum atomic E-state index is 4.14. The Morgan fingerprint density at radius 3 is 1.92 bits per heavy atom. The fourth-order valence-corrected chi connectivity index (χ4v) is 3.35. The molecule has 0 aliphatic carbocycles. The zero-order chi connectivity index (χ0) is 17.8. The summed E-state index contributed by atoms with van der Waals surface area (Å²) < 4.78 is 2.42. The molecule has 0 spiro atoms. The molecule has 0 aliphatic rings. The molecular formula is C23H22N3+. The second-order valence-electron chi connectivity index (χ2n) is 6.51. The third kappa shape index (κ3) is 3.42. The summed E-state index contributed by atoms with van der Waals surface area (Å²) in [6, 6.07) is 25.8. The first-order valence-corrected chi connectivity index (χ1v) is 8.94. The fourth-order valence-electron chi connectivity index (χ4n) is 3.35. The number of imidazole rings is 1. The van der Waals surface area contributed by atoms with Crippen molar-refractivity contribution in [3.63, 3.8) is 0 Å². The van der Waals surface area contributed by atoms with E-state index in [9.17, 15) is 0 Å². The Kier molecular flexibility index (Phi) is 4.61. The van der Waals surface area contributed by atoms with E-state index in [0.717, 1.165) is 18.7 Å². The monoisotopic (exact) mass is 340 g/mol. The van der Waals surface area contributed by atoms with Gasteiger partial charge in [0.25, 0.3) is 0 Å². The molecule has 0 fully saturated rings. The normalized spacial score (nSPS) is 10.8. The number of aromatic nitrogens is 3. The van der Waals surface area contributed by atoms with Crippen LogP contribution in [-0.4, -0.2) is 9.97 Å². The molecule has 4 aromatic rings. The van der Waals surface area contributed by atoms with Crippen LogP contribution in [0, 0.1) is 6.92 Å². The Morgan fingerprint density at radius 2 is 1.42 bits per heavy atom. The highest BCUT2D eigenvalue weighted by atomic mass is 15.0. The number of nitrogens with zero attached hydrogens (tertiary/aromatic N) is 2. The van der Waals surface area contributed by atoms with E-state index in [1.807, 2.05) is 6.20 Å². The predicted molar refractivity (Wildman–Crippen MR) is 105 cm³/mol. The summed E-state index contributed by atoms with van der Waals surface area (Å²) in [5.41, 5.74) is 7.36. The summed E-state index contributed by atoms with van der Waals surface area (Å²) in [6.45, 7) is 3.05. The van der Waals surface area contributed by atoms with E-state index in [1.165, 1.54) is 28.1 Å². The van der Waals surface area contributed by atoms with Crippen molar-refractivity contribution in [2.75, 3.05) is 0 Å². The van der Waals surface area contributed by atoms with Gasteiger partial charge in [0.05, 0.1) is 6.33 Å². The van der Waals surface area contributed by atoms with Crippen LogP contribution in [-0.2, 0) is 13.0 Å². The molecule has 0 saturated carbocycles. The van der Waals surface area contributed by atoms with Crippen molar-refractivity contribution >= 4 is 0 Å². The van der Waals surface area contributed by atoms with Gasteiger partial charge in [-0.25, -0.2) is 4.98 Å². The number of pyridine rings is 1. The minimum absolute atomic E-state index is 0.886. The molecule has 2 heterocycles. The van der Waals surface area contributed by atoms with Crippen LogP contribution in [0.25, 0.3) is 22.5 Å². The van der Waals surface area contributed by atoms with E-state index in [1.54, 1.807) is 6.33 Å². The van der Waals surface area contributed by atoms with Gasteiger partial charge < -0.3 is 4.98 Å². The van der Waals surface area contributed by atoms with Gasteiger partial charge >= 0.3 is 0 Å². The van der Waals surface area contributed by atoms with Crippen molar-refractivity contribution in [1.82, 2.24) is 9.97 Å². The highest BCUT2D eigenvalue weighted by molar-refractivity contribution is 5.62. The predicted octanol–water partition coefficient (Wildman–Crippen LogP) is 4.58. The molecule has 0 bridgehead atoms. The summed E-state index contributed by atoms with van der Waals surface area (Å²) >= 11 is 0. The Hall–Kier alpha value is -3.20. The maximum Gasteiger partial charge on any atom is 0.213 e. The minimum Gasteiger partial charge on any atom is -0.348 e. The lowest BCUT2D eigenvalue weighted by molar-refractivity contribution is -0.675. The molecule has 26 heavy (non-hydrogen) atoms. The molecule has 1 N–H and O–H groups in total. The molecule has 0 saturated heterocycles. The fraction of sp³-hybridized carbons (Fsp3) is 0.130. The van der Waals surface area contributed by atoms with Crippen molar-refractivity contribution in [3.8, 4) is 22.5 Å². The van der Waals surface area contributed by atoms with E-state index in [0.29, 0.717) is 0 Å². The van der Waals surface area contributed by atoms with Crippen LogP contribution in [0.3, 0.4) is 0 Å². The number of benzene rings is 2. The van der Waals surface area contributed by atoms with Crippen molar-refractivity contribution in [1.29, 1.82) is 0 Å². The molecule has 2 aromatic carbocycles. The standard InChI is InChI=1S/C23H22N3/c1-18-14-22(19-8-4-2-5-9-19)26(13-12-21-16-24-17-25-21)23(15-18)20-10-6-3-7-11-20/h2-11,14-17H,12-13H2,1H3,(H,24,25)/q+1. The molecule has 0 atom stereocenters. The number of rotatable bonds is 5. The van der Waals surface area contributed by atoms with Crippen LogP contribution in [0.1, 0.15) is 11.3 Å². The number of H-pyrrole nitrogens is 1. The number of hydrogen-bond acceptors (Lipinski definition) is 1. The maximum absolute atomic E-state index is 4.14. The average Bonchev–Trinajstić information content (AvgIpc) is 3.21. The SMILES string of the molecule is Cc1cc(-c2ccccc2)[n+](CCc2cnc[nH]2)c(-c2ccccc2)c1. The molecule has 3 heteroatoms. The molecular weight excluding hydrogens is 318 g/mol. The van der Waals surface area contributed by atoms with Gasteiger partial charge in [-0.3, -0.25) is 0 Å². The smallest absolute Gasteiger partial charge is 0.213 e. The van der Waals surface area contributed by atoms with Crippen LogP contribution in [0.2, 0.25) is 0 Å². The number of aryl methyl sites for hydroxylation is 2. The molecule has 0 radical (unpaired) electrons. The lowest BCUT2D eigenvalue weighted by Gasteiger charge is -2.11. The number of aromatic amines is 1. The molecule has 0 aliphatic heterocycles. The van der Waals surface area contributed by atoms with Crippen LogP contribution in [0.4, 0.5) is 0 Å². The van der Waals surface area contributed by atoms with Crippen LogP contribution in [0.15, 0.2) is 85.3 Å². The Labute approximate surface area is 154 Å². The first-order valence-electron chi connectivity index (χ1n) is 8.94. The molecule has 3 nitrogen and oxygen atoms in total. The van der Waals surface area contributed by atoms with Crippen LogP contribution in [0.5, 0.6) is 0 Å². The minimum atomic E-state index is 0.886. The number of hydrogen-bond donors (Lipinski definition) is 1. The summed E-state index contributed by atoms with van der Waals surface area (Å²) in [5, 5.41) is 0. The third-order valence-electron chi connectivity index (χ3n) is 4.61. The van der Waals surface area contributed by atoms with Gasteiger partial charge in [0.2, 0.25) is 11.4 Å². The first kappa shape index (κ1) is 16.3. The van der Waals surface area contributed by atoms with E-state index in [4.69, 9.17) is 0 Å². The van der Waals surface area contributed by atoms with Crippen molar-refractivity contribution in [3.05, 3.63) is 96.6 Å². The summed E-state index contributed by atoms with van der Waals surface area (Å²) in [6.07, 6.45) is 4.55. The first-order chi connectivity index (χ1) is 12.8. The third-order valence-corrected chi connectivity index (χ3v) is 4.61. The summed E-state index contributed by atoms with van der Waals surface area (Å²) in [4.78, 5) is 7.36.